The standard InChI is InChI=1S/C27H37FN4S/c1-7-11-15-33-16-13-12-14-21(5)17-24(10-4)30-20-25-18-22(28)19-26(31-25)27(29-6)32-23(8-2)9-3/h8-9,11-12,14-15,18-19,21,30H,2,4,7,13,16-17,20H2,1,3,5-6H3,(H,29,32)/b14-12+,15-11+,23-9-. The number of nitrogens with zero attached hydrogens (tertiary/aromatic N) is 2. The Bertz CT molecular complexity index is 924. The Morgan fingerprint density at radius 1 is 1.36 bits per heavy atom. The Morgan fingerprint density at radius 2 is 2.15 bits per heavy atom. The van der Waals surface area contributed by atoms with Crippen molar-refractivity contribution in [1.29, 1.82) is 0 Å². The van der Waals surface area contributed by atoms with Gasteiger partial charge < -0.3 is 10.6 Å². The largest absolute Gasteiger partial charge is 0.376 e. The third-order valence-corrected chi connectivity index (χ3v) is 5.48. The minimum absolute atomic E-state index is 0.343. The second-order valence-electron chi connectivity index (χ2n) is 7.37. The molecule has 1 aromatic heterocycles. The van der Waals surface area contributed by atoms with Crippen LogP contribution >= 0.6 is 11.8 Å². The lowest BCUT2D eigenvalue weighted by Gasteiger charge is -2.14. The minimum Gasteiger partial charge on any atom is -0.376 e. The minimum atomic E-state index is -0.368. The van der Waals surface area contributed by atoms with Crippen molar-refractivity contribution >= 4 is 17.6 Å². The predicted octanol–water partition coefficient (Wildman–Crippen LogP) is 6.66. The molecule has 1 aromatic rings. The van der Waals surface area contributed by atoms with E-state index in [-0.39, 0.29) is 5.82 Å². The normalized spacial score (nSPS) is 13.2. The summed E-state index contributed by atoms with van der Waals surface area (Å²) in [5.41, 5.74) is 5.62. The highest BCUT2D eigenvalue weighted by molar-refractivity contribution is 8.02. The molecule has 0 saturated carbocycles. The van der Waals surface area contributed by atoms with Gasteiger partial charge in [-0.05, 0) is 43.2 Å². The van der Waals surface area contributed by atoms with Crippen LogP contribution in [0.25, 0.3) is 0 Å². The van der Waals surface area contributed by atoms with E-state index < -0.39 is 0 Å². The molecule has 2 N–H and O–H groups in total. The van der Waals surface area contributed by atoms with Crippen molar-refractivity contribution in [3.63, 3.8) is 0 Å². The summed E-state index contributed by atoms with van der Waals surface area (Å²) < 4.78 is 14.3. The van der Waals surface area contributed by atoms with E-state index in [1.165, 1.54) is 12.1 Å². The number of halogens is 1. The third kappa shape index (κ3) is 11.6. The van der Waals surface area contributed by atoms with Crippen molar-refractivity contribution in [1.82, 2.24) is 15.6 Å². The van der Waals surface area contributed by atoms with Crippen molar-refractivity contribution in [2.75, 3.05) is 12.8 Å². The number of amidine groups is 1. The number of nitrogens with one attached hydrogen (secondary N) is 2. The summed E-state index contributed by atoms with van der Waals surface area (Å²) in [6.07, 6.45) is 13.0. The fourth-order valence-electron chi connectivity index (χ4n) is 2.87. The van der Waals surface area contributed by atoms with Gasteiger partial charge in [0.15, 0.2) is 5.84 Å². The van der Waals surface area contributed by atoms with E-state index in [1.54, 1.807) is 13.1 Å². The number of thioether (sulfide) groups is 1. The van der Waals surface area contributed by atoms with Gasteiger partial charge in [0.05, 0.1) is 17.9 Å². The quantitative estimate of drug-likeness (QED) is 0.0800. The van der Waals surface area contributed by atoms with Crippen LogP contribution in [-0.2, 0) is 6.54 Å². The maximum Gasteiger partial charge on any atom is 0.151 e. The molecule has 1 heterocycles. The van der Waals surface area contributed by atoms with Gasteiger partial charge in [-0.15, -0.1) is 17.5 Å². The van der Waals surface area contributed by atoms with Gasteiger partial charge >= 0.3 is 0 Å². The molecule has 0 bridgehead atoms. The number of aromatic nitrogens is 1. The van der Waals surface area contributed by atoms with Crippen molar-refractivity contribution < 1.29 is 4.39 Å². The molecule has 1 unspecified atom stereocenters. The highest BCUT2D eigenvalue weighted by Gasteiger charge is 2.10. The maximum atomic E-state index is 14.3. The molecule has 0 aliphatic heterocycles. The summed E-state index contributed by atoms with van der Waals surface area (Å²) in [7, 11) is 1.64. The molecular weight excluding hydrogens is 431 g/mol. The van der Waals surface area contributed by atoms with Crippen molar-refractivity contribution in [2.24, 2.45) is 10.9 Å². The van der Waals surface area contributed by atoms with Crippen LogP contribution in [0.5, 0.6) is 0 Å². The van der Waals surface area contributed by atoms with E-state index in [0.29, 0.717) is 29.7 Å². The third-order valence-electron chi connectivity index (χ3n) is 4.62. The Hall–Kier alpha value is -2.82. The molecule has 0 aromatic carbocycles. The molecule has 0 radical (unpaired) electrons. The molecule has 1 rings (SSSR count). The van der Waals surface area contributed by atoms with E-state index in [2.05, 4.69) is 77.0 Å². The van der Waals surface area contributed by atoms with Crippen molar-refractivity contribution in [3.8, 4) is 0 Å². The van der Waals surface area contributed by atoms with Crippen LogP contribution in [0.15, 0.2) is 83.2 Å². The van der Waals surface area contributed by atoms with Gasteiger partial charge in [0.2, 0.25) is 0 Å². The van der Waals surface area contributed by atoms with Crippen LogP contribution in [0.1, 0.15) is 51.4 Å². The summed E-state index contributed by atoms with van der Waals surface area (Å²) in [6.45, 7) is 14.1. The zero-order valence-electron chi connectivity index (χ0n) is 20.3. The fraction of sp³-hybridized carbons (Fsp3) is 0.370. The van der Waals surface area contributed by atoms with Crippen LogP contribution in [0.3, 0.4) is 0 Å². The van der Waals surface area contributed by atoms with Crippen molar-refractivity contribution in [3.05, 3.63) is 95.4 Å². The average Bonchev–Trinajstić information content (AvgIpc) is 2.81. The lowest BCUT2D eigenvalue weighted by atomic mass is 10.0. The van der Waals surface area contributed by atoms with Gasteiger partial charge in [-0.3, -0.25) is 4.99 Å². The number of pyridine rings is 1. The number of allylic oxidation sites excluding steroid dienone is 6. The molecule has 0 amide bonds. The van der Waals surface area contributed by atoms with Gasteiger partial charge in [-0.1, -0.05) is 51.3 Å². The van der Waals surface area contributed by atoms with Crippen LogP contribution in [-0.4, -0.2) is 23.6 Å². The van der Waals surface area contributed by atoms with Gasteiger partial charge in [0.1, 0.15) is 11.5 Å². The molecule has 0 fully saturated rings. The molecule has 1 atom stereocenters. The Morgan fingerprint density at radius 3 is 2.79 bits per heavy atom. The number of rotatable bonds is 14. The molecule has 4 nitrogen and oxygen atoms in total. The van der Waals surface area contributed by atoms with E-state index in [4.69, 9.17) is 0 Å². The average molecular weight is 469 g/mol. The van der Waals surface area contributed by atoms with Gasteiger partial charge in [-0.2, -0.15) is 0 Å². The monoisotopic (exact) mass is 468 g/mol. The lowest BCUT2D eigenvalue weighted by Crippen LogP contribution is -2.25. The second-order valence-corrected chi connectivity index (χ2v) is 8.38. The summed E-state index contributed by atoms with van der Waals surface area (Å²) in [4.78, 5) is 8.77. The summed E-state index contributed by atoms with van der Waals surface area (Å²) in [5.74, 6) is 1.53. The zero-order chi connectivity index (χ0) is 24.5. The van der Waals surface area contributed by atoms with E-state index in [1.807, 2.05) is 24.8 Å². The molecule has 0 aliphatic rings. The highest BCUT2D eigenvalue weighted by Crippen LogP contribution is 2.13. The van der Waals surface area contributed by atoms with Crippen LogP contribution in [0.4, 0.5) is 4.39 Å². The van der Waals surface area contributed by atoms with E-state index in [0.717, 1.165) is 36.4 Å². The number of hydrogen-bond acceptors (Lipinski definition) is 4. The Labute approximate surface area is 203 Å². The van der Waals surface area contributed by atoms with Gasteiger partial charge in [-0.25, -0.2) is 9.37 Å². The first-order valence-corrected chi connectivity index (χ1v) is 12.3. The number of aliphatic imine (C=N–C) groups is 1. The fourth-order valence-corrected chi connectivity index (χ4v) is 3.60. The van der Waals surface area contributed by atoms with E-state index >= 15 is 0 Å². The maximum absolute atomic E-state index is 14.3. The van der Waals surface area contributed by atoms with Gasteiger partial charge in [0, 0.05) is 31.0 Å². The van der Waals surface area contributed by atoms with Gasteiger partial charge in [0.25, 0.3) is 0 Å². The second kappa shape index (κ2) is 16.8. The molecule has 6 heteroatoms. The zero-order valence-corrected chi connectivity index (χ0v) is 21.1. The Kier molecular flexibility index (Phi) is 14.3. The molecule has 0 saturated heterocycles. The molecule has 178 valence electrons. The highest BCUT2D eigenvalue weighted by atomic mass is 32.2. The van der Waals surface area contributed by atoms with Crippen LogP contribution in [0, 0.1) is 11.7 Å². The SMILES string of the molecule is C=C=C(CC(C)/C=C/CCS/C=C/CC)NCc1cc(F)cc(C(=NC)N/C(C=C)=C\C)n1. The summed E-state index contributed by atoms with van der Waals surface area (Å²) in [6, 6.07) is 2.78. The first-order chi connectivity index (χ1) is 16.0. The first-order valence-electron chi connectivity index (χ1n) is 11.2. The Balaban J connectivity index is 2.70. The molecule has 0 spiro atoms. The van der Waals surface area contributed by atoms with Crippen molar-refractivity contribution in [2.45, 2.75) is 46.6 Å². The molecule has 0 aliphatic carbocycles. The first kappa shape index (κ1) is 28.2. The number of hydrogen-bond donors (Lipinski definition) is 2. The predicted molar refractivity (Wildman–Crippen MR) is 143 cm³/mol. The topological polar surface area (TPSA) is 49.3 Å². The molecule has 33 heavy (non-hydrogen) atoms. The lowest BCUT2D eigenvalue weighted by molar-refractivity contribution is 0.613. The van der Waals surface area contributed by atoms with Crippen LogP contribution < -0.4 is 10.6 Å². The molecular formula is C27H37FN4S. The smallest absolute Gasteiger partial charge is 0.151 e. The van der Waals surface area contributed by atoms with E-state index in [9.17, 15) is 4.39 Å². The summed E-state index contributed by atoms with van der Waals surface area (Å²) in [5, 5.41) is 8.57. The van der Waals surface area contributed by atoms with Crippen LogP contribution in [0.2, 0.25) is 0 Å². The summed E-state index contributed by atoms with van der Waals surface area (Å²) >= 11 is 1.83.